The Hall–Kier alpha value is -0.640. The van der Waals surface area contributed by atoms with Crippen molar-refractivity contribution in [1.29, 1.82) is 0 Å². The first-order chi connectivity index (χ1) is 10.0. The van der Waals surface area contributed by atoms with Crippen LogP contribution in [0.4, 0.5) is 4.39 Å². The highest BCUT2D eigenvalue weighted by atomic mass is 35.5. The molecule has 0 bridgehead atoms. The van der Waals surface area contributed by atoms with Crippen LogP contribution in [-0.2, 0) is 6.54 Å². The van der Waals surface area contributed by atoms with Gasteiger partial charge in [0, 0.05) is 31.7 Å². The number of nitrogens with one attached hydrogen (secondary N) is 1. The smallest absolute Gasteiger partial charge is 0.142 e. The Morgan fingerprint density at radius 2 is 2.19 bits per heavy atom. The van der Waals surface area contributed by atoms with Crippen molar-refractivity contribution in [3.8, 4) is 0 Å². The van der Waals surface area contributed by atoms with E-state index in [1.165, 1.54) is 18.9 Å². The molecular weight excluding hydrogens is 287 g/mol. The Balaban J connectivity index is 2.14. The Morgan fingerprint density at radius 3 is 2.86 bits per heavy atom. The first kappa shape index (κ1) is 16.7. The molecule has 1 aliphatic heterocycles. The van der Waals surface area contributed by atoms with Gasteiger partial charge in [0.25, 0.3) is 0 Å². The van der Waals surface area contributed by atoms with Gasteiger partial charge in [-0.05, 0) is 24.0 Å². The lowest BCUT2D eigenvalue weighted by Crippen LogP contribution is -2.57. The molecule has 0 aliphatic carbocycles. The number of piperazine rings is 1. The maximum absolute atomic E-state index is 13.6. The van der Waals surface area contributed by atoms with Gasteiger partial charge < -0.3 is 5.32 Å². The lowest BCUT2D eigenvalue weighted by atomic mass is 9.96. The fourth-order valence-electron chi connectivity index (χ4n) is 3.17. The first-order valence-corrected chi connectivity index (χ1v) is 8.31. The molecule has 0 spiro atoms. The van der Waals surface area contributed by atoms with Crippen LogP contribution in [-0.4, -0.2) is 30.1 Å². The minimum atomic E-state index is -0.324. The van der Waals surface area contributed by atoms with E-state index in [0.29, 0.717) is 18.0 Å². The van der Waals surface area contributed by atoms with Crippen LogP contribution in [0.3, 0.4) is 0 Å². The molecule has 1 aromatic rings. The number of benzene rings is 1. The molecule has 4 heteroatoms. The Morgan fingerprint density at radius 1 is 1.43 bits per heavy atom. The quantitative estimate of drug-likeness (QED) is 0.881. The van der Waals surface area contributed by atoms with Gasteiger partial charge in [0.1, 0.15) is 5.82 Å². The highest BCUT2D eigenvalue weighted by Gasteiger charge is 2.29. The van der Waals surface area contributed by atoms with E-state index >= 15 is 0 Å². The standard InChI is InChI=1S/C17H26ClFN2/c1-4-6-14-11-21(16(9-20-14)12(2)3)10-13-7-5-8-15(19)17(13)18/h5,7-8,12,14,16,20H,4,6,9-11H2,1-3H3. The zero-order chi connectivity index (χ0) is 15.4. The normalized spacial score (nSPS) is 23.7. The van der Waals surface area contributed by atoms with Crippen LogP contribution in [0.15, 0.2) is 18.2 Å². The van der Waals surface area contributed by atoms with Crippen LogP contribution < -0.4 is 5.32 Å². The van der Waals surface area contributed by atoms with Gasteiger partial charge in [0.2, 0.25) is 0 Å². The van der Waals surface area contributed by atoms with E-state index in [0.717, 1.165) is 25.2 Å². The van der Waals surface area contributed by atoms with Crippen molar-refractivity contribution < 1.29 is 4.39 Å². The molecule has 2 nitrogen and oxygen atoms in total. The highest BCUT2D eigenvalue weighted by Crippen LogP contribution is 2.25. The lowest BCUT2D eigenvalue weighted by Gasteiger charge is -2.42. The van der Waals surface area contributed by atoms with Gasteiger partial charge in [-0.15, -0.1) is 0 Å². The van der Waals surface area contributed by atoms with E-state index in [-0.39, 0.29) is 10.8 Å². The predicted molar refractivity (Wildman–Crippen MR) is 87.1 cm³/mol. The molecule has 2 rings (SSSR count). The van der Waals surface area contributed by atoms with Crippen molar-refractivity contribution in [3.63, 3.8) is 0 Å². The number of halogens is 2. The SMILES string of the molecule is CCCC1CN(Cc2cccc(F)c2Cl)C(C(C)C)CN1. The second-order valence-corrected chi connectivity index (χ2v) is 6.73. The molecule has 1 fully saturated rings. The summed E-state index contributed by atoms with van der Waals surface area (Å²) in [5, 5.41) is 3.91. The summed E-state index contributed by atoms with van der Waals surface area (Å²) < 4.78 is 13.6. The Labute approximate surface area is 132 Å². The summed E-state index contributed by atoms with van der Waals surface area (Å²) >= 11 is 6.12. The molecule has 1 aliphatic rings. The van der Waals surface area contributed by atoms with Crippen LogP contribution in [0.1, 0.15) is 39.2 Å². The van der Waals surface area contributed by atoms with Crippen molar-refractivity contribution in [1.82, 2.24) is 10.2 Å². The molecule has 1 N–H and O–H groups in total. The van der Waals surface area contributed by atoms with Crippen LogP contribution in [0, 0.1) is 11.7 Å². The lowest BCUT2D eigenvalue weighted by molar-refractivity contribution is 0.0884. The molecule has 118 valence electrons. The van der Waals surface area contributed by atoms with Gasteiger partial charge in [-0.2, -0.15) is 0 Å². The average molecular weight is 313 g/mol. The monoisotopic (exact) mass is 312 g/mol. The number of hydrogen-bond donors (Lipinski definition) is 1. The maximum Gasteiger partial charge on any atom is 0.142 e. The summed E-state index contributed by atoms with van der Waals surface area (Å²) in [5.41, 5.74) is 0.888. The molecule has 1 heterocycles. The third-order valence-electron chi connectivity index (χ3n) is 4.35. The molecule has 0 aromatic heterocycles. The van der Waals surface area contributed by atoms with E-state index in [9.17, 15) is 4.39 Å². The molecule has 1 saturated heterocycles. The van der Waals surface area contributed by atoms with Crippen molar-refractivity contribution in [3.05, 3.63) is 34.6 Å². The van der Waals surface area contributed by atoms with Gasteiger partial charge >= 0.3 is 0 Å². The summed E-state index contributed by atoms with van der Waals surface area (Å²) in [7, 11) is 0. The summed E-state index contributed by atoms with van der Waals surface area (Å²) in [6.07, 6.45) is 2.36. The van der Waals surface area contributed by atoms with Gasteiger partial charge in [-0.3, -0.25) is 4.90 Å². The maximum atomic E-state index is 13.6. The minimum absolute atomic E-state index is 0.269. The molecule has 0 radical (unpaired) electrons. The van der Waals surface area contributed by atoms with Gasteiger partial charge in [0.05, 0.1) is 5.02 Å². The van der Waals surface area contributed by atoms with Crippen molar-refractivity contribution in [2.75, 3.05) is 13.1 Å². The van der Waals surface area contributed by atoms with Gasteiger partial charge in [0.15, 0.2) is 0 Å². The largest absolute Gasteiger partial charge is 0.311 e. The summed E-state index contributed by atoms with van der Waals surface area (Å²) in [6, 6.07) is 6.09. The zero-order valence-corrected chi connectivity index (χ0v) is 14.0. The third-order valence-corrected chi connectivity index (χ3v) is 4.77. The first-order valence-electron chi connectivity index (χ1n) is 7.93. The van der Waals surface area contributed by atoms with E-state index in [1.807, 2.05) is 6.07 Å². The predicted octanol–water partition coefficient (Wildman–Crippen LogP) is 4.08. The molecule has 0 amide bonds. The summed E-state index contributed by atoms with van der Waals surface area (Å²) in [4.78, 5) is 2.46. The van der Waals surface area contributed by atoms with E-state index in [2.05, 4.69) is 31.0 Å². The number of nitrogens with zero attached hydrogens (tertiary/aromatic N) is 1. The molecule has 2 unspecified atom stereocenters. The van der Waals surface area contributed by atoms with Crippen LogP contribution in [0.25, 0.3) is 0 Å². The molecule has 21 heavy (non-hydrogen) atoms. The zero-order valence-electron chi connectivity index (χ0n) is 13.2. The molecule has 2 atom stereocenters. The van der Waals surface area contributed by atoms with E-state index < -0.39 is 0 Å². The van der Waals surface area contributed by atoms with E-state index in [1.54, 1.807) is 6.07 Å². The van der Waals surface area contributed by atoms with E-state index in [4.69, 9.17) is 11.6 Å². The van der Waals surface area contributed by atoms with Crippen molar-refractivity contribution in [2.24, 2.45) is 5.92 Å². The molecule has 0 saturated carbocycles. The van der Waals surface area contributed by atoms with Crippen LogP contribution in [0.2, 0.25) is 5.02 Å². The summed E-state index contributed by atoms with van der Waals surface area (Å²) in [5.74, 6) is 0.239. The van der Waals surface area contributed by atoms with Crippen molar-refractivity contribution in [2.45, 2.75) is 52.2 Å². The number of hydrogen-bond acceptors (Lipinski definition) is 2. The fourth-order valence-corrected chi connectivity index (χ4v) is 3.36. The second kappa shape index (κ2) is 7.57. The molecule has 1 aromatic carbocycles. The van der Waals surface area contributed by atoms with Crippen LogP contribution in [0.5, 0.6) is 0 Å². The minimum Gasteiger partial charge on any atom is -0.311 e. The Bertz CT molecular complexity index is 464. The van der Waals surface area contributed by atoms with Gasteiger partial charge in [-0.25, -0.2) is 4.39 Å². The Kier molecular flexibility index (Phi) is 6.03. The summed E-state index contributed by atoms with van der Waals surface area (Å²) in [6.45, 7) is 9.42. The number of rotatable bonds is 5. The fraction of sp³-hybridized carbons (Fsp3) is 0.647. The van der Waals surface area contributed by atoms with Gasteiger partial charge in [-0.1, -0.05) is 50.9 Å². The van der Waals surface area contributed by atoms with Crippen molar-refractivity contribution >= 4 is 11.6 Å². The third kappa shape index (κ3) is 4.18. The van der Waals surface area contributed by atoms with Crippen LogP contribution >= 0.6 is 11.6 Å². The second-order valence-electron chi connectivity index (χ2n) is 6.35. The molecular formula is C17H26ClFN2. The topological polar surface area (TPSA) is 15.3 Å². The average Bonchev–Trinajstić information content (AvgIpc) is 2.44. The highest BCUT2D eigenvalue weighted by molar-refractivity contribution is 6.31.